The van der Waals surface area contributed by atoms with Gasteiger partial charge >= 0.3 is 0 Å². The summed E-state index contributed by atoms with van der Waals surface area (Å²) in [6, 6.07) is 4.86. The molecule has 0 saturated heterocycles. The minimum Gasteiger partial charge on any atom is -0.309 e. The van der Waals surface area contributed by atoms with Gasteiger partial charge in [0.25, 0.3) is 0 Å². The quantitative estimate of drug-likeness (QED) is 0.829. The molecule has 0 spiro atoms. The summed E-state index contributed by atoms with van der Waals surface area (Å²) >= 11 is 7.20. The molecule has 114 valence electrons. The third-order valence-electron chi connectivity index (χ3n) is 3.28. The average Bonchev–Trinajstić information content (AvgIpc) is 2.90. The first-order valence-corrected chi connectivity index (χ1v) is 8.29. The number of rotatable bonds is 7. The van der Waals surface area contributed by atoms with Crippen molar-refractivity contribution >= 4 is 23.1 Å². The van der Waals surface area contributed by atoms with Crippen LogP contribution in [-0.4, -0.2) is 16.1 Å². The molecule has 1 N–H and O–H groups in total. The summed E-state index contributed by atoms with van der Waals surface area (Å²) in [5.74, 6) is -0.264. The summed E-state index contributed by atoms with van der Waals surface area (Å²) in [7, 11) is 0. The fourth-order valence-corrected chi connectivity index (χ4v) is 3.23. The van der Waals surface area contributed by atoms with E-state index >= 15 is 0 Å². The zero-order valence-electron chi connectivity index (χ0n) is 12.2. The van der Waals surface area contributed by atoms with Crippen LogP contribution in [-0.2, 0) is 12.8 Å². The van der Waals surface area contributed by atoms with Gasteiger partial charge in [-0.1, -0.05) is 42.4 Å². The highest BCUT2D eigenvalue weighted by Crippen LogP contribution is 2.26. The molecule has 0 aliphatic heterocycles. The van der Waals surface area contributed by atoms with E-state index in [1.165, 1.54) is 17.6 Å². The number of aryl methyl sites for hydroxylation is 1. The SMILES string of the molecule is CCCc1nnsc1C(Cc1ccc(Cl)cc1F)NCC. The fourth-order valence-electron chi connectivity index (χ4n) is 2.30. The highest BCUT2D eigenvalue weighted by molar-refractivity contribution is 7.05. The Balaban J connectivity index is 2.24. The third-order valence-corrected chi connectivity index (χ3v) is 4.39. The predicted molar refractivity (Wildman–Crippen MR) is 85.4 cm³/mol. The van der Waals surface area contributed by atoms with Crippen molar-refractivity contribution in [3.63, 3.8) is 0 Å². The van der Waals surface area contributed by atoms with E-state index in [-0.39, 0.29) is 11.9 Å². The first-order chi connectivity index (χ1) is 10.2. The molecule has 0 aliphatic carbocycles. The number of aromatic nitrogens is 2. The lowest BCUT2D eigenvalue weighted by Gasteiger charge is -2.17. The van der Waals surface area contributed by atoms with Crippen molar-refractivity contribution in [1.29, 1.82) is 0 Å². The lowest BCUT2D eigenvalue weighted by Crippen LogP contribution is -2.23. The van der Waals surface area contributed by atoms with E-state index in [2.05, 4.69) is 21.8 Å². The molecule has 1 aromatic heterocycles. The Kier molecular flexibility index (Phi) is 6.08. The Bertz CT molecular complexity index is 588. The molecule has 1 aromatic carbocycles. The van der Waals surface area contributed by atoms with E-state index in [1.54, 1.807) is 12.1 Å². The molecule has 6 heteroatoms. The zero-order valence-corrected chi connectivity index (χ0v) is 13.8. The molecule has 0 saturated carbocycles. The zero-order chi connectivity index (χ0) is 15.2. The largest absolute Gasteiger partial charge is 0.309 e. The number of likely N-dealkylation sites (N-methyl/N-ethyl adjacent to an activating group) is 1. The minimum atomic E-state index is -0.264. The second-order valence-electron chi connectivity index (χ2n) is 4.88. The van der Waals surface area contributed by atoms with Gasteiger partial charge in [-0.15, -0.1) is 5.10 Å². The van der Waals surface area contributed by atoms with Gasteiger partial charge in [0, 0.05) is 11.1 Å². The van der Waals surface area contributed by atoms with Gasteiger partial charge < -0.3 is 5.32 Å². The summed E-state index contributed by atoms with van der Waals surface area (Å²) in [5.41, 5.74) is 1.67. The molecule has 0 amide bonds. The maximum atomic E-state index is 14.0. The van der Waals surface area contributed by atoms with Crippen molar-refractivity contribution < 1.29 is 4.39 Å². The highest BCUT2D eigenvalue weighted by Gasteiger charge is 2.20. The van der Waals surface area contributed by atoms with Crippen molar-refractivity contribution in [2.45, 2.75) is 39.2 Å². The Morgan fingerprint density at radius 3 is 2.86 bits per heavy atom. The molecule has 3 nitrogen and oxygen atoms in total. The molecule has 0 aliphatic rings. The second-order valence-corrected chi connectivity index (χ2v) is 6.11. The monoisotopic (exact) mass is 327 g/mol. The van der Waals surface area contributed by atoms with Crippen LogP contribution in [0.5, 0.6) is 0 Å². The van der Waals surface area contributed by atoms with Gasteiger partial charge in [-0.25, -0.2) is 4.39 Å². The molecule has 2 rings (SSSR count). The molecule has 1 atom stereocenters. The summed E-state index contributed by atoms with van der Waals surface area (Å²) in [6.45, 7) is 4.97. The molecule has 1 heterocycles. The molecular formula is C15H19ClFN3S. The summed E-state index contributed by atoms with van der Waals surface area (Å²) in [4.78, 5) is 1.10. The van der Waals surface area contributed by atoms with Crippen LogP contribution >= 0.6 is 23.1 Å². The lowest BCUT2D eigenvalue weighted by atomic mass is 10.0. The van der Waals surface area contributed by atoms with Crippen LogP contribution in [0.1, 0.15) is 42.4 Å². The van der Waals surface area contributed by atoms with Gasteiger partial charge in [-0.05, 0) is 48.6 Å². The van der Waals surface area contributed by atoms with Crippen molar-refractivity contribution in [2.75, 3.05) is 6.54 Å². The van der Waals surface area contributed by atoms with Gasteiger partial charge in [0.1, 0.15) is 5.82 Å². The highest BCUT2D eigenvalue weighted by atomic mass is 35.5. The molecular weight excluding hydrogens is 309 g/mol. The summed E-state index contributed by atoms with van der Waals surface area (Å²) in [5, 5.41) is 8.02. The van der Waals surface area contributed by atoms with Crippen LogP contribution in [0.4, 0.5) is 4.39 Å². The first kappa shape index (κ1) is 16.3. The predicted octanol–water partition coefficient (Wildman–Crippen LogP) is 4.18. The maximum absolute atomic E-state index is 14.0. The molecule has 2 aromatic rings. The van der Waals surface area contributed by atoms with Crippen LogP contribution in [0.3, 0.4) is 0 Å². The third kappa shape index (κ3) is 4.22. The van der Waals surface area contributed by atoms with Crippen molar-refractivity contribution in [1.82, 2.24) is 14.9 Å². The molecule has 0 fully saturated rings. The van der Waals surface area contributed by atoms with Gasteiger partial charge in [-0.2, -0.15) is 0 Å². The van der Waals surface area contributed by atoms with E-state index in [0.717, 1.165) is 30.0 Å². The van der Waals surface area contributed by atoms with Crippen LogP contribution in [0, 0.1) is 5.82 Å². The van der Waals surface area contributed by atoms with E-state index in [9.17, 15) is 4.39 Å². The van der Waals surface area contributed by atoms with Crippen molar-refractivity contribution in [2.24, 2.45) is 0 Å². The molecule has 21 heavy (non-hydrogen) atoms. The summed E-state index contributed by atoms with van der Waals surface area (Å²) in [6.07, 6.45) is 2.49. The average molecular weight is 328 g/mol. The molecule has 0 radical (unpaired) electrons. The van der Waals surface area contributed by atoms with Gasteiger partial charge in [0.15, 0.2) is 0 Å². The first-order valence-electron chi connectivity index (χ1n) is 7.14. The van der Waals surface area contributed by atoms with Crippen LogP contribution < -0.4 is 5.32 Å². The van der Waals surface area contributed by atoms with Crippen LogP contribution in [0.25, 0.3) is 0 Å². The van der Waals surface area contributed by atoms with E-state index in [0.29, 0.717) is 17.0 Å². The smallest absolute Gasteiger partial charge is 0.127 e. The normalized spacial score (nSPS) is 12.6. The minimum absolute atomic E-state index is 0.0345. The van der Waals surface area contributed by atoms with Gasteiger partial charge in [-0.3, -0.25) is 0 Å². The van der Waals surface area contributed by atoms with Crippen molar-refractivity contribution in [3.05, 3.63) is 45.2 Å². The Hall–Kier alpha value is -1.04. The van der Waals surface area contributed by atoms with E-state index < -0.39 is 0 Å². The number of halogens is 2. The van der Waals surface area contributed by atoms with Gasteiger partial charge in [0.2, 0.25) is 0 Å². The van der Waals surface area contributed by atoms with Crippen molar-refractivity contribution in [3.8, 4) is 0 Å². The molecule has 1 unspecified atom stereocenters. The molecule has 0 bridgehead atoms. The summed E-state index contributed by atoms with van der Waals surface area (Å²) < 4.78 is 18.1. The van der Waals surface area contributed by atoms with Gasteiger partial charge in [0.05, 0.1) is 10.6 Å². The number of hydrogen-bond donors (Lipinski definition) is 1. The number of hydrogen-bond acceptors (Lipinski definition) is 4. The standard InChI is InChI=1S/C15H19ClFN3S/c1-3-5-13-15(21-20-19-13)14(18-4-2)8-10-6-7-11(16)9-12(10)17/h6-7,9,14,18H,3-5,8H2,1-2H3. The number of nitrogens with one attached hydrogen (secondary N) is 1. The number of benzene rings is 1. The van der Waals surface area contributed by atoms with Crippen LogP contribution in [0.15, 0.2) is 18.2 Å². The Morgan fingerprint density at radius 1 is 1.38 bits per heavy atom. The fraction of sp³-hybridized carbons (Fsp3) is 0.467. The maximum Gasteiger partial charge on any atom is 0.127 e. The second kappa shape index (κ2) is 7.82. The topological polar surface area (TPSA) is 37.8 Å². The van der Waals surface area contributed by atoms with E-state index in [4.69, 9.17) is 11.6 Å². The Labute approximate surface area is 133 Å². The Morgan fingerprint density at radius 2 is 2.19 bits per heavy atom. The van der Waals surface area contributed by atoms with E-state index in [1.807, 2.05) is 6.92 Å². The van der Waals surface area contributed by atoms with Crippen LogP contribution in [0.2, 0.25) is 5.02 Å². The number of nitrogens with zero attached hydrogens (tertiary/aromatic N) is 2. The lowest BCUT2D eigenvalue weighted by molar-refractivity contribution is 0.530.